The van der Waals surface area contributed by atoms with Gasteiger partial charge < -0.3 is 9.52 Å². The quantitative estimate of drug-likeness (QED) is 0.764. The van der Waals surface area contributed by atoms with Crippen molar-refractivity contribution < 1.29 is 9.52 Å². The number of aliphatic hydroxyl groups excluding tert-OH is 1. The normalized spacial score (nSPS) is 24.0. The summed E-state index contributed by atoms with van der Waals surface area (Å²) in [5, 5.41) is 9.47. The number of nitrogens with zero attached hydrogens (tertiary/aromatic N) is 2. The van der Waals surface area contributed by atoms with Crippen molar-refractivity contribution in [1.82, 2.24) is 9.88 Å². The number of β-amino-alcohol motifs (C(OH)–C–C–N with tert-alkyl or cyclic N) is 1. The number of hydrogen-bond acceptors (Lipinski definition) is 4. The topological polar surface area (TPSA) is 49.5 Å². The fourth-order valence-electron chi connectivity index (χ4n) is 1.84. The van der Waals surface area contributed by atoms with E-state index in [-0.39, 0.29) is 6.10 Å². The summed E-state index contributed by atoms with van der Waals surface area (Å²) in [6.07, 6.45) is 3.46. The number of aryl methyl sites for hydroxylation is 1. The highest BCUT2D eigenvalue weighted by Gasteiger charge is 2.18. The van der Waals surface area contributed by atoms with Crippen LogP contribution < -0.4 is 0 Å². The Hall–Kier alpha value is -0.870. The molecule has 1 aliphatic rings. The molecule has 1 saturated heterocycles. The van der Waals surface area contributed by atoms with Crippen molar-refractivity contribution in [2.75, 3.05) is 13.1 Å². The van der Waals surface area contributed by atoms with Gasteiger partial charge in [-0.3, -0.25) is 4.90 Å². The van der Waals surface area contributed by atoms with Crippen LogP contribution >= 0.6 is 0 Å². The molecule has 4 heteroatoms. The highest BCUT2D eigenvalue weighted by molar-refractivity contribution is 4.93. The number of oxazole rings is 1. The average molecular weight is 196 g/mol. The smallest absolute Gasteiger partial charge is 0.208 e. The minimum Gasteiger partial charge on any atom is -0.447 e. The van der Waals surface area contributed by atoms with Crippen molar-refractivity contribution >= 4 is 0 Å². The minimum atomic E-state index is -0.181. The third-order valence-corrected chi connectivity index (χ3v) is 2.51. The summed E-state index contributed by atoms with van der Waals surface area (Å²) in [6.45, 7) is 4.39. The molecule has 4 nitrogen and oxygen atoms in total. The monoisotopic (exact) mass is 196 g/mol. The van der Waals surface area contributed by atoms with Crippen LogP contribution in [-0.2, 0) is 6.54 Å². The Balaban J connectivity index is 1.90. The van der Waals surface area contributed by atoms with Gasteiger partial charge in [0, 0.05) is 6.54 Å². The van der Waals surface area contributed by atoms with Crippen molar-refractivity contribution in [3.8, 4) is 0 Å². The maximum atomic E-state index is 9.47. The van der Waals surface area contributed by atoms with E-state index in [0.717, 1.165) is 37.5 Å². The van der Waals surface area contributed by atoms with Gasteiger partial charge >= 0.3 is 0 Å². The Morgan fingerprint density at radius 3 is 3.21 bits per heavy atom. The van der Waals surface area contributed by atoms with Crippen molar-refractivity contribution in [3.63, 3.8) is 0 Å². The molecule has 1 N–H and O–H groups in total. The minimum absolute atomic E-state index is 0.181. The predicted octanol–water partition coefficient (Wildman–Crippen LogP) is 0.940. The van der Waals surface area contributed by atoms with Gasteiger partial charge in [-0.1, -0.05) is 0 Å². The molecule has 0 saturated carbocycles. The predicted molar refractivity (Wildman–Crippen MR) is 51.8 cm³/mol. The number of rotatable bonds is 2. The zero-order valence-corrected chi connectivity index (χ0v) is 8.44. The van der Waals surface area contributed by atoms with E-state index in [4.69, 9.17) is 4.42 Å². The standard InChI is InChI=1S/C10H16N2O2/c1-8-7-14-10(11-8)6-12-4-2-3-9(13)5-12/h7,9,13H,2-6H2,1H3. The van der Waals surface area contributed by atoms with Crippen LogP contribution in [-0.4, -0.2) is 34.2 Å². The first kappa shape index (κ1) is 9.68. The Morgan fingerprint density at radius 2 is 2.57 bits per heavy atom. The lowest BCUT2D eigenvalue weighted by atomic mass is 10.1. The molecule has 1 aromatic heterocycles. The number of hydrogen-bond donors (Lipinski definition) is 1. The molecule has 0 bridgehead atoms. The summed E-state index contributed by atoms with van der Waals surface area (Å²) < 4.78 is 5.27. The molecule has 14 heavy (non-hydrogen) atoms. The zero-order chi connectivity index (χ0) is 9.97. The van der Waals surface area contributed by atoms with Crippen LogP contribution in [0.4, 0.5) is 0 Å². The molecule has 1 aromatic rings. The van der Waals surface area contributed by atoms with Gasteiger partial charge in [-0.05, 0) is 26.3 Å². The van der Waals surface area contributed by atoms with Gasteiger partial charge in [0.25, 0.3) is 0 Å². The summed E-state index contributed by atoms with van der Waals surface area (Å²) >= 11 is 0. The second-order valence-corrected chi connectivity index (χ2v) is 3.91. The largest absolute Gasteiger partial charge is 0.447 e. The van der Waals surface area contributed by atoms with Crippen molar-refractivity contribution in [3.05, 3.63) is 17.8 Å². The molecule has 1 fully saturated rings. The van der Waals surface area contributed by atoms with E-state index in [1.807, 2.05) is 6.92 Å². The number of likely N-dealkylation sites (tertiary alicyclic amines) is 1. The highest BCUT2D eigenvalue weighted by Crippen LogP contribution is 2.13. The fraction of sp³-hybridized carbons (Fsp3) is 0.700. The maximum Gasteiger partial charge on any atom is 0.208 e. The van der Waals surface area contributed by atoms with E-state index in [1.165, 1.54) is 0 Å². The van der Waals surface area contributed by atoms with Crippen molar-refractivity contribution in [2.24, 2.45) is 0 Å². The number of aliphatic hydroxyl groups is 1. The summed E-state index contributed by atoms with van der Waals surface area (Å²) in [4.78, 5) is 6.42. The Morgan fingerprint density at radius 1 is 1.71 bits per heavy atom. The first-order chi connectivity index (χ1) is 6.74. The molecule has 2 rings (SSSR count). The number of piperidine rings is 1. The van der Waals surface area contributed by atoms with E-state index < -0.39 is 0 Å². The molecular weight excluding hydrogens is 180 g/mol. The molecule has 0 radical (unpaired) electrons. The lowest BCUT2D eigenvalue weighted by Crippen LogP contribution is -2.37. The van der Waals surface area contributed by atoms with Gasteiger partial charge in [0.1, 0.15) is 6.26 Å². The van der Waals surface area contributed by atoms with Gasteiger partial charge in [-0.25, -0.2) is 4.98 Å². The SMILES string of the molecule is Cc1coc(CN2CCCC(O)C2)n1. The summed E-state index contributed by atoms with van der Waals surface area (Å²) in [6, 6.07) is 0. The van der Waals surface area contributed by atoms with E-state index in [1.54, 1.807) is 6.26 Å². The van der Waals surface area contributed by atoms with Gasteiger partial charge in [0.2, 0.25) is 5.89 Å². The average Bonchev–Trinajstić information content (AvgIpc) is 2.51. The van der Waals surface area contributed by atoms with Crippen molar-refractivity contribution in [2.45, 2.75) is 32.4 Å². The van der Waals surface area contributed by atoms with E-state index >= 15 is 0 Å². The lowest BCUT2D eigenvalue weighted by molar-refractivity contribution is 0.0624. The molecule has 1 aliphatic heterocycles. The zero-order valence-electron chi connectivity index (χ0n) is 8.44. The summed E-state index contributed by atoms with van der Waals surface area (Å²) in [7, 11) is 0. The molecule has 2 heterocycles. The summed E-state index contributed by atoms with van der Waals surface area (Å²) in [5.74, 6) is 0.747. The molecule has 0 aromatic carbocycles. The third-order valence-electron chi connectivity index (χ3n) is 2.51. The lowest BCUT2D eigenvalue weighted by Gasteiger charge is -2.28. The van der Waals surface area contributed by atoms with Gasteiger partial charge in [0.15, 0.2) is 0 Å². The second kappa shape index (κ2) is 4.11. The number of aromatic nitrogens is 1. The van der Waals surface area contributed by atoms with Crippen LogP contribution in [0, 0.1) is 6.92 Å². The Kier molecular flexibility index (Phi) is 2.84. The van der Waals surface area contributed by atoms with Gasteiger partial charge in [0.05, 0.1) is 18.3 Å². The first-order valence-corrected chi connectivity index (χ1v) is 5.05. The summed E-state index contributed by atoms with van der Waals surface area (Å²) in [5.41, 5.74) is 0.914. The van der Waals surface area contributed by atoms with E-state index in [2.05, 4.69) is 9.88 Å². The van der Waals surface area contributed by atoms with Gasteiger partial charge in [-0.15, -0.1) is 0 Å². The van der Waals surface area contributed by atoms with Crippen molar-refractivity contribution in [1.29, 1.82) is 0 Å². The molecule has 1 unspecified atom stereocenters. The molecule has 0 spiro atoms. The van der Waals surface area contributed by atoms with E-state index in [9.17, 15) is 5.11 Å². The van der Waals surface area contributed by atoms with Crippen LogP contribution in [0.2, 0.25) is 0 Å². The molecule has 78 valence electrons. The Labute approximate surface area is 83.5 Å². The van der Waals surface area contributed by atoms with Gasteiger partial charge in [-0.2, -0.15) is 0 Å². The highest BCUT2D eigenvalue weighted by atomic mass is 16.3. The van der Waals surface area contributed by atoms with E-state index in [0.29, 0.717) is 6.54 Å². The molecular formula is C10H16N2O2. The molecule has 0 aliphatic carbocycles. The maximum absolute atomic E-state index is 9.47. The molecule has 0 amide bonds. The van der Waals surface area contributed by atoms with Crippen LogP contribution in [0.25, 0.3) is 0 Å². The van der Waals surface area contributed by atoms with Crippen LogP contribution in [0.1, 0.15) is 24.4 Å². The Bertz CT molecular complexity index is 298. The van der Waals surface area contributed by atoms with Crippen LogP contribution in [0.3, 0.4) is 0 Å². The fourth-order valence-corrected chi connectivity index (χ4v) is 1.84. The van der Waals surface area contributed by atoms with Crippen LogP contribution in [0.15, 0.2) is 10.7 Å². The third kappa shape index (κ3) is 2.33. The second-order valence-electron chi connectivity index (χ2n) is 3.91. The van der Waals surface area contributed by atoms with Crippen LogP contribution in [0.5, 0.6) is 0 Å². The first-order valence-electron chi connectivity index (χ1n) is 5.05. The molecule has 1 atom stereocenters.